The lowest BCUT2D eigenvalue weighted by atomic mass is 10.3. The Balaban J connectivity index is 2.27. The van der Waals surface area contributed by atoms with Gasteiger partial charge in [0.05, 0.1) is 5.75 Å². The predicted molar refractivity (Wildman–Crippen MR) is 76.2 cm³/mol. The van der Waals surface area contributed by atoms with Crippen molar-refractivity contribution in [2.75, 3.05) is 18.8 Å². The molecule has 1 aliphatic carbocycles. The maximum atomic E-state index is 12.2. The van der Waals surface area contributed by atoms with Crippen LogP contribution in [0.5, 0.6) is 0 Å². The minimum atomic E-state index is -3.06. The molecule has 1 saturated carbocycles. The van der Waals surface area contributed by atoms with Crippen LogP contribution in [0.1, 0.15) is 52.9 Å². The van der Waals surface area contributed by atoms with Crippen LogP contribution < -0.4 is 5.32 Å². The van der Waals surface area contributed by atoms with Gasteiger partial charge in [0.1, 0.15) is 0 Å². The van der Waals surface area contributed by atoms with Gasteiger partial charge in [0.2, 0.25) is 10.0 Å². The SMILES string of the molecule is CCC(C)N(CC)S(=O)(=O)CCCCNC1CC1. The van der Waals surface area contributed by atoms with E-state index in [1.54, 1.807) is 4.31 Å². The van der Waals surface area contributed by atoms with Crippen molar-refractivity contribution < 1.29 is 8.42 Å². The summed E-state index contributed by atoms with van der Waals surface area (Å²) >= 11 is 0. The number of unbranched alkanes of at least 4 members (excludes halogenated alkanes) is 1. The highest BCUT2D eigenvalue weighted by Crippen LogP contribution is 2.18. The normalized spacial score (nSPS) is 18.2. The van der Waals surface area contributed by atoms with Gasteiger partial charge in [-0.15, -0.1) is 0 Å². The van der Waals surface area contributed by atoms with Crippen LogP contribution in [0.2, 0.25) is 0 Å². The van der Waals surface area contributed by atoms with Gasteiger partial charge >= 0.3 is 0 Å². The molecule has 4 nitrogen and oxygen atoms in total. The molecular formula is C13H28N2O2S. The molecule has 1 aliphatic rings. The summed E-state index contributed by atoms with van der Waals surface area (Å²) in [6.45, 7) is 7.46. The molecule has 1 unspecified atom stereocenters. The molecule has 0 aromatic carbocycles. The molecular weight excluding hydrogens is 248 g/mol. The number of nitrogens with zero attached hydrogens (tertiary/aromatic N) is 1. The molecule has 5 heteroatoms. The van der Waals surface area contributed by atoms with Gasteiger partial charge in [-0.3, -0.25) is 0 Å². The summed E-state index contributed by atoms with van der Waals surface area (Å²) in [7, 11) is -3.06. The topological polar surface area (TPSA) is 49.4 Å². The van der Waals surface area contributed by atoms with Crippen LogP contribution >= 0.6 is 0 Å². The maximum Gasteiger partial charge on any atom is 0.214 e. The predicted octanol–water partition coefficient (Wildman–Crippen LogP) is 1.97. The molecule has 0 heterocycles. The van der Waals surface area contributed by atoms with Crippen molar-refractivity contribution in [3.63, 3.8) is 0 Å². The molecule has 1 atom stereocenters. The zero-order valence-corrected chi connectivity index (χ0v) is 12.8. The van der Waals surface area contributed by atoms with Crippen molar-refractivity contribution in [3.05, 3.63) is 0 Å². The zero-order chi connectivity index (χ0) is 13.6. The highest BCUT2D eigenvalue weighted by atomic mass is 32.2. The van der Waals surface area contributed by atoms with Crippen LogP contribution in [0, 0.1) is 0 Å². The van der Waals surface area contributed by atoms with Crippen molar-refractivity contribution in [1.29, 1.82) is 0 Å². The first-order valence-electron chi connectivity index (χ1n) is 7.24. The number of sulfonamides is 1. The second-order valence-corrected chi connectivity index (χ2v) is 7.25. The van der Waals surface area contributed by atoms with Crippen LogP contribution in [0.25, 0.3) is 0 Å². The first-order valence-corrected chi connectivity index (χ1v) is 8.85. The number of rotatable bonds is 10. The average Bonchev–Trinajstić information content (AvgIpc) is 3.12. The molecule has 0 spiro atoms. The molecule has 108 valence electrons. The minimum absolute atomic E-state index is 0.115. The van der Waals surface area contributed by atoms with E-state index in [4.69, 9.17) is 0 Å². The van der Waals surface area contributed by atoms with Crippen LogP contribution in [0.3, 0.4) is 0 Å². The summed E-state index contributed by atoms with van der Waals surface area (Å²) in [4.78, 5) is 0. The van der Waals surface area contributed by atoms with Crippen molar-refractivity contribution in [2.45, 2.75) is 65.0 Å². The molecule has 0 aliphatic heterocycles. The molecule has 18 heavy (non-hydrogen) atoms. The van der Waals surface area contributed by atoms with Gasteiger partial charge in [-0.25, -0.2) is 8.42 Å². The van der Waals surface area contributed by atoms with Crippen molar-refractivity contribution in [1.82, 2.24) is 9.62 Å². The molecule has 0 amide bonds. The van der Waals surface area contributed by atoms with E-state index < -0.39 is 10.0 Å². The Morgan fingerprint density at radius 1 is 1.28 bits per heavy atom. The number of nitrogens with one attached hydrogen (secondary N) is 1. The molecule has 1 N–H and O–H groups in total. The third-order valence-corrected chi connectivity index (χ3v) is 5.73. The van der Waals surface area contributed by atoms with Crippen molar-refractivity contribution >= 4 is 10.0 Å². The maximum absolute atomic E-state index is 12.2. The van der Waals surface area contributed by atoms with E-state index in [1.807, 2.05) is 20.8 Å². The summed E-state index contributed by atoms with van der Waals surface area (Å²) in [5.74, 6) is 0.289. The lowest BCUT2D eigenvalue weighted by Gasteiger charge is -2.26. The third kappa shape index (κ3) is 5.24. The fourth-order valence-electron chi connectivity index (χ4n) is 2.11. The Labute approximate surface area is 112 Å². The van der Waals surface area contributed by atoms with E-state index in [9.17, 15) is 8.42 Å². The standard InChI is InChI=1S/C13H28N2O2S/c1-4-12(3)15(5-2)18(16,17)11-7-6-10-14-13-8-9-13/h12-14H,4-11H2,1-3H3. The molecule has 1 rings (SSSR count). The van der Waals surface area contributed by atoms with E-state index >= 15 is 0 Å². The summed E-state index contributed by atoms with van der Waals surface area (Å²) in [6, 6.07) is 0.832. The van der Waals surface area contributed by atoms with Crippen LogP contribution in [-0.2, 0) is 10.0 Å². The Morgan fingerprint density at radius 2 is 1.94 bits per heavy atom. The van der Waals surface area contributed by atoms with Crippen LogP contribution in [0.15, 0.2) is 0 Å². The summed E-state index contributed by atoms with van der Waals surface area (Å²) in [5.41, 5.74) is 0. The van der Waals surface area contributed by atoms with Gasteiger partial charge in [-0.05, 0) is 45.6 Å². The van der Waals surface area contributed by atoms with E-state index in [2.05, 4.69) is 5.32 Å². The Bertz CT molecular complexity index is 326. The Kier molecular flexibility index (Phi) is 6.60. The molecule has 1 fully saturated rings. The third-order valence-electron chi connectivity index (χ3n) is 3.59. The summed E-state index contributed by atoms with van der Waals surface area (Å²) in [6.07, 6.45) is 5.16. The van der Waals surface area contributed by atoms with Crippen LogP contribution in [0.4, 0.5) is 0 Å². The van der Waals surface area contributed by atoms with E-state index in [0.29, 0.717) is 12.6 Å². The van der Waals surface area contributed by atoms with Gasteiger partial charge in [0.25, 0.3) is 0 Å². The Morgan fingerprint density at radius 3 is 2.44 bits per heavy atom. The van der Waals surface area contributed by atoms with Gasteiger partial charge in [0, 0.05) is 18.6 Å². The lowest BCUT2D eigenvalue weighted by Crippen LogP contribution is -2.39. The summed E-state index contributed by atoms with van der Waals surface area (Å²) in [5, 5.41) is 3.41. The Hall–Kier alpha value is -0.130. The van der Waals surface area contributed by atoms with Gasteiger partial charge in [0.15, 0.2) is 0 Å². The molecule has 0 bridgehead atoms. The fraction of sp³-hybridized carbons (Fsp3) is 1.00. The van der Waals surface area contributed by atoms with Gasteiger partial charge in [-0.1, -0.05) is 13.8 Å². The quantitative estimate of drug-likeness (QED) is 0.621. The highest BCUT2D eigenvalue weighted by molar-refractivity contribution is 7.89. The monoisotopic (exact) mass is 276 g/mol. The van der Waals surface area contributed by atoms with Crippen molar-refractivity contribution in [2.24, 2.45) is 0 Å². The van der Waals surface area contributed by atoms with Gasteiger partial charge < -0.3 is 5.32 Å². The fourth-order valence-corrected chi connectivity index (χ4v) is 4.00. The lowest BCUT2D eigenvalue weighted by molar-refractivity contribution is 0.342. The largest absolute Gasteiger partial charge is 0.314 e. The first-order chi connectivity index (χ1) is 8.51. The average molecular weight is 276 g/mol. The molecule has 0 radical (unpaired) electrons. The van der Waals surface area contributed by atoms with Crippen LogP contribution in [-0.4, -0.2) is 43.6 Å². The number of hydrogen-bond acceptors (Lipinski definition) is 3. The van der Waals surface area contributed by atoms with E-state index in [0.717, 1.165) is 25.8 Å². The number of hydrogen-bond donors (Lipinski definition) is 1. The summed E-state index contributed by atoms with van der Waals surface area (Å²) < 4.78 is 26.0. The smallest absolute Gasteiger partial charge is 0.214 e. The first kappa shape index (κ1) is 15.9. The highest BCUT2D eigenvalue weighted by Gasteiger charge is 2.24. The molecule has 0 aromatic rings. The van der Waals surface area contributed by atoms with E-state index in [1.165, 1.54) is 12.8 Å². The second kappa shape index (κ2) is 7.46. The molecule has 0 aromatic heterocycles. The van der Waals surface area contributed by atoms with E-state index in [-0.39, 0.29) is 11.8 Å². The zero-order valence-electron chi connectivity index (χ0n) is 12.0. The minimum Gasteiger partial charge on any atom is -0.314 e. The van der Waals surface area contributed by atoms with Gasteiger partial charge in [-0.2, -0.15) is 4.31 Å². The van der Waals surface area contributed by atoms with Crippen molar-refractivity contribution in [3.8, 4) is 0 Å². The molecule has 0 saturated heterocycles. The second-order valence-electron chi connectivity index (χ2n) is 5.21.